The lowest BCUT2D eigenvalue weighted by Gasteiger charge is -2.06. The topological polar surface area (TPSA) is 96.7 Å². The van der Waals surface area contributed by atoms with Gasteiger partial charge in [0.25, 0.3) is 5.56 Å². The van der Waals surface area contributed by atoms with Crippen molar-refractivity contribution in [2.45, 2.75) is 13.5 Å². The van der Waals surface area contributed by atoms with E-state index >= 15 is 0 Å². The van der Waals surface area contributed by atoms with Crippen molar-refractivity contribution in [2.24, 2.45) is 0 Å². The smallest absolute Gasteiger partial charge is 0.276 e. The second-order valence-corrected chi connectivity index (χ2v) is 3.66. The maximum absolute atomic E-state index is 11.2. The van der Waals surface area contributed by atoms with E-state index in [0.717, 1.165) is 11.3 Å². The van der Waals surface area contributed by atoms with Crippen molar-refractivity contribution in [2.75, 3.05) is 11.1 Å². The van der Waals surface area contributed by atoms with Gasteiger partial charge >= 0.3 is 0 Å². The van der Waals surface area contributed by atoms with Gasteiger partial charge < -0.3 is 16.0 Å². The van der Waals surface area contributed by atoms with Crippen molar-refractivity contribution in [3.8, 4) is 0 Å². The van der Waals surface area contributed by atoms with Gasteiger partial charge in [0.2, 0.25) is 0 Å². The third kappa shape index (κ3) is 2.60. The van der Waals surface area contributed by atoms with Crippen LogP contribution in [0.1, 0.15) is 11.3 Å². The molecule has 0 aliphatic heterocycles. The number of aryl methyl sites for hydroxylation is 1. The highest BCUT2D eigenvalue weighted by Gasteiger charge is 2.03. The summed E-state index contributed by atoms with van der Waals surface area (Å²) in [5.41, 5.74) is 7.29. The molecule has 0 aliphatic carbocycles. The Morgan fingerprint density at radius 1 is 1.41 bits per heavy atom. The lowest BCUT2D eigenvalue weighted by atomic mass is 10.2. The molecular weight excluding hydrogens is 218 g/mol. The Hall–Kier alpha value is -2.37. The van der Waals surface area contributed by atoms with E-state index in [2.05, 4.69) is 20.3 Å². The number of hydrogen-bond donors (Lipinski definition) is 3. The molecular formula is C11H13N5O. The van der Waals surface area contributed by atoms with Crippen molar-refractivity contribution in [3.05, 3.63) is 46.3 Å². The average molecular weight is 231 g/mol. The van der Waals surface area contributed by atoms with Gasteiger partial charge in [0.15, 0.2) is 5.82 Å². The van der Waals surface area contributed by atoms with Crippen molar-refractivity contribution in [3.63, 3.8) is 0 Å². The first-order valence-electron chi connectivity index (χ1n) is 5.15. The minimum atomic E-state index is -0.343. The third-order valence-electron chi connectivity index (χ3n) is 2.32. The molecule has 0 saturated heterocycles. The number of H-pyrrole nitrogens is 1. The summed E-state index contributed by atoms with van der Waals surface area (Å²) >= 11 is 0. The van der Waals surface area contributed by atoms with E-state index < -0.39 is 0 Å². The highest BCUT2D eigenvalue weighted by Crippen LogP contribution is 2.09. The number of anilines is 2. The zero-order chi connectivity index (χ0) is 12.3. The largest absolute Gasteiger partial charge is 0.391 e. The van der Waals surface area contributed by atoms with E-state index in [1.807, 2.05) is 19.1 Å². The normalized spacial score (nSPS) is 10.2. The SMILES string of the molecule is Cc1ccc(CNc2nc[nH]c(=O)c2N)cn1. The number of nitrogens with zero attached hydrogens (tertiary/aromatic N) is 2. The number of nitrogens with one attached hydrogen (secondary N) is 2. The van der Waals surface area contributed by atoms with E-state index in [1.165, 1.54) is 6.33 Å². The van der Waals surface area contributed by atoms with E-state index in [-0.39, 0.29) is 11.2 Å². The molecule has 0 spiro atoms. The molecule has 4 N–H and O–H groups in total. The van der Waals surface area contributed by atoms with Gasteiger partial charge in [-0.25, -0.2) is 4.98 Å². The fraction of sp³-hybridized carbons (Fsp3) is 0.182. The molecule has 0 aromatic carbocycles. The Bertz CT molecular complexity index is 561. The fourth-order valence-electron chi connectivity index (χ4n) is 1.34. The molecule has 2 aromatic rings. The molecule has 0 fully saturated rings. The van der Waals surface area contributed by atoms with Gasteiger partial charge in [-0.1, -0.05) is 6.07 Å². The van der Waals surface area contributed by atoms with Gasteiger partial charge in [-0.2, -0.15) is 0 Å². The van der Waals surface area contributed by atoms with Crippen LogP contribution in [-0.2, 0) is 6.54 Å². The van der Waals surface area contributed by atoms with Gasteiger partial charge in [0.1, 0.15) is 5.69 Å². The fourth-order valence-corrected chi connectivity index (χ4v) is 1.34. The summed E-state index contributed by atoms with van der Waals surface area (Å²) in [7, 11) is 0. The molecule has 0 unspecified atom stereocenters. The van der Waals surface area contributed by atoms with Crippen molar-refractivity contribution >= 4 is 11.5 Å². The number of nitrogens with two attached hydrogens (primary N) is 1. The van der Waals surface area contributed by atoms with Crippen molar-refractivity contribution in [1.82, 2.24) is 15.0 Å². The number of rotatable bonds is 3. The molecule has 0 saturated carbocycles. The van der Waals surface area contributed by atoms with Gasteiger partial charge in [0, 0.05) is 18.4 Å². The van der Waals surface area contributed by atoms with E-state index in [1.54, 1.807) is 6.20 Å². The van der Waals surface area contributed by atoms with E-state index in [4.69, 9.17) is 5.73 Å². The van der Waals surface area contributed by atoms with Crippen molar-refractivity contribution < 1.29 is 0 Å². The molecule has 0 bridgehead atoms. The summed E-state index contributed by atoms with van der Waals surface area (Å²) in [6.07, 6.45) is 3.08. The first kappa shape index (κ1) is 11.1. The molecule has 2 aromatic heterocycles. The van der Waals surface area contributed by atoms with Gasteiger partial charge in [-0.15, -0.1) is 0 Å². The molecule has 0 radical (unpaired) electrons. The predicted octanol–water partition coefficient (Wildman–Crippen LogP) is 0.668. The number of aromatic nitrogens is 3. The van der Waals surface area contributed by atoms with Crippen LogP contribution >= 0.6 is 0 Å². The quantitative estimate of drug-likeness (QED) is 0.721. The molecule has 0 atom stereocenters. The molecule has 6 heteroatoms. The number of pyridine rings is 1. The Kier molecular flexibility index (Phi) is 3.04. The van der Waals surface area contributed by atoms with E-state index in [0.29, 0.717) is 12.4 Å². The Morgan fingerprint density at radius 3 is 2.94 bits per heavy atom. The van der Waals surface area contributed by atoms with Crippen LogP contribution in [0.2, 0.25) is 0 Å². The maximum Gasteiger partial charge on any atom is 0.276 e. The summed E-state index contributed by atoms with van der Waals surface area (Å²) in [5, 5.41) is 2.99. The number of hydrogen-bond acceptors (Lipinski definition) is 5. The maximum atomic E-state index is 11.2. The first-order chi connectivity index (χ1) is 8.16. The second-order valence-electron chi connectivity index (χ2n) is 3.66. The van der Waals surface area contributed by atoms with Gasteiger partial charge in [-0.05, 0) is 18.6 Å². The summed E-state index contributed by atoms with van der Waals surface area (Å²) in [4.78, 5) is 21.8. The summed E-state index contributed by atoms with van der Waals surface area (Å²) in [6.45, 7) is 2.45. The molecule has 2 rings (SSSR count). The standard InChI is InChI=1S/C11H13N5O/c1-7-2-3-8(4-13-7)5-14-10-9(12)11(17)16-6-15-10/h2-4,6H,5,12H2,1H3,(H2,14,15,16,17). The zero-order valence-corrected chi connectivity index (χ0v) is 9.40. The van der Waals surface area contributed by atoms with Crippen LogP contribution in [-0.4, -0.2) is 15.0 Å². The summed E-state index contributed by atoms with van der Waals surface area (Å²) in [6, 6.07) is 3.88. The molecule has 0 aliphatic rings. The third-order valence-corrected chi connectivity index (χ3v) is 2.32. The molecule has 88 valence electrons. The summed E-state index contributed by atoms with van der Waals surface area (Å²) in [5.74, 6) is 0.384. The lowest BCUT2D eigenvalue weighted by Crippen LogP contribution is -2.16. The van der Waals surface area contributed by atoms with Crippen LogP contribution in [0.25, 0.3) is 0 Å². The van der Waals surface area contributed by atoms with Crippen LogP contribution in [0.4, 0.5) is 11.5 Å². The van der Waals surface area contributed by atoms with E-state index in [9.17, 15) is 4.79 Å². The number of aromatic amines is 1. The highest BCUT2D eigenvalue weighted by molar-refractivity contribution is 5.58. The zero-order valence-electron chi connectivity index (χ0n) is 9.40. The molecule has 17 heavy (non-hydrogen) atoms. The lowest BCUT2D eigenvalue weighted by molar-refractivity contribution is 1.04. The molecule has 2 heterocycles. The second kappa shape index (κ2) is 4.65. The Morgan fingerprint density at radius 2 is 2.24 bits per heavy atom. The molecule has 6 nitrogen and oxygen atoms in total. The summed E-state index contributed by atoms with van der Waals surface area (Å²) < 4.78 is 0. The van der Waals surface area contributed by atoms with Crippen LogP contribution < -0.4 is 16.6 Å². The number of nitrogen functional groups attached to an aromatic ring is 1. The molecule has 0 amide bonds. The minimum absolute atomic E-state index is 0.0903. The van der Waals surface area contributed by atoms with Crippen LogP contribution in [0, 0.1) is 6.92 Å². The van der Waals surface area contributed by atoms with Gasteiger partial charge in [-0.3, -0.25) is 9.78 Å². The van der Waals surface area contributed by atoms with Crippen LogP contribution in [0.3, 0.4) is 0 Å². The van der Waals surface area contributed by atoms with Crippen LogP contribution in [0.5, 0.6) is 0 Å². The predicted molar refractivity (Wildman–Crippen MR) is 65.6 cm³/mol. The van der Waals surface area contributed by atoms with Gasteiger partial charge in [0.05, 0.1) is 6.33 Å². The average Bonchev–Trinajstić information content (AvgIpc) is 2.33. The monoisotopic (exact) mass is 231 g/mol. The Labute approximate surface area is 97.9 Å². The van der Waals surface area contributed by atoms with Crippen molar-refractivity contribution in [1.29, 1.82) is 0 Å². The minimum Gasteiger partial charge on any atom is -0.391 e. The Balaban J connectivity index is 2.10. The first-order valence-corrected chi connectivity index (χ1v) is 5.15. The van der Waals surface area contributed by atoms with Crippen LogP contribution in [0.15, 0.2) is 29.5 Å². The highest BCUT2D eigenvalue weighted by atomic mass is 16.1.